The number of amides is 1. The number of hydrogen-bond donors (Lipinski definition) is 1. The number of rotatable bonds is 4. The highest BCUT2D eigenvalue weighted by Gasteiger charge is 1.85. The van der Waals surface area contributed by atoms with E-state index in [-0.39, 0.29) is 5.91 Å². The van der Waals surface area contributed by atoms with Crippen molar-refractivity contribution in [3.8, 4) is 0 Å². The topological polar surface area (TPSA) is 41.5 Å². The predicted molar refractivity (Wildman–Crippen MR) is 46.6 cm³/mol. The standard InChI is InChI=1S/C8H14N2O/c1-3-9-6-4-5-7-10-8(2)11/h3-4,6H,5,7H2,1-2H3,(H,10,11)/b6-4-,9-3?. The molecule has 0 fully saturated rings. The summed E-state index contributed by atoms with van der Waals surface area (Å²) in [7, 11) is 0. The second kappa shape index (κ2) is 6.99. The van der Waals surface area contributed by atoms with E-state index in [0.717, 1.165) is 6.42 Å². The van der Waals surface area contributed by atoms with Gasteiger partial charge in [-0.05, 0) is 13.3 Å². The van der Waals surface area contributed by atoms with Gasteiger partial charge < -0.3 is 5.32 Å². The zero-order chi connectivity index (χ0) is 8.53. The molecule has 0 aliphatic carbocycles. The molecule has 0 saturated heterocycles. The first-order valence-corrected chi connectivity index (χ1v) is 3.64. The van der Waals surface area contributed by atoms with Gasteiger partial charge in [0, 0.05) is 25.9 Å². The van der Waals surface area contributed by atoms with E-state index in [4.69, 9.17) is 0 Å². The molecule has 1 amide bonds. The molecule has 0 radical (unpaired) electrons. The van der Waals surface area contributed by atoms with Gasteiger partial charge in [-0.25, -0.2) is 0 Å². The summed E-state index contributed by atoms with van der Waals surface area (Å²) < 4.78 is 0. The fourth-order valence-corrected chi connectivity index (χ4v) is 0.553. The number of nitrogens with one attached hydrogen (secondary N) is 1. The smallest absolute Gasteiger partial charge is 0.216 e. The van der Waals surface area contributed by atoms with Gasteiger partial charge in [0.05, 0.1) is 0 Å². The second-order valence-corrected chi connectivity index (χ2v) is 2.06. The summed E-state index contributed by atoms with van der Waals surface area (Å²) in [6.45, 7) is 4.05. The number of carbonyl (C=O) groups excluding carboxylic acids is 1. The minimum Gasteiger partial charge on any atom is -0.356 e. The van der Waals surface area contributed by atoms with Gasteiger partial charge in [0.25, 0.3) is 0 Å². The molecular weight excluding hydrogens is 140 g/mol. The number of nitrogens with zero attached hydrogens (tertiary/aromatic N) is 1. The van der Waals surface area contributed by atoms with E-state index < -0.39 is 0 Å². The number of hydrogen-bond acceptors (Lipinski definition) is 2. The van der Waals surface area contributed by atoms with Crippen LogP contribution in [0.5, 0.6) is 0 Å². The molecule has 0 heterocycles. The van der Waals surface area contributed by atoms with E-state index in [1.165, 1.54) is 6.92 Å². The Morgan fingerprint density at radius 2 is 2.36 bits per heavy atom. The highest BCUT2D eigenvalue weighted by atomic mass is 16.1. The molecule has 0 spiro atoms. The van der Waals surface area contributed by atoms with E-state index in [1.54, 1.807) is 12.4 Å². The van der Waals surface area contributed by atoms with Gasteiger partial charge in [-0.3, -0.25) is 9.79 Å². The van der Waals surface area contributed by atoms with Crippen molar-refractivity contribution < 1.29 is 4.79 Å². The number of carbonyl (C=O) groups is 1. The van der Waals surface area contributed by atoms with Crippen molar-refractivity contribution in [3.05, 3.63) is 12.3 Å². The lowest BCUT2D eigenvalue weighted by Crippen LogP contribution is -2.20. The van der Waals surface area contributed by atoms with Gasteiger partial charge in [0.15, 0.2) is 0 Å². The van der Waals surface area contributed by atoms with Gasteiger partial charge >= 0.3 is 0 Å². The Balaban J connectivity index is 3.20. The van der Waals surface area contributed by atoms with Crippen molar-refractivity contribution in [2.45, 2.75) is 20.3 Å². The van der Waals surface area contributed by atoms with Crippen LogP contribution in [-0.2, 0) is 4.79 Å². The number of aliphatic imine (C=N–C) groups is 1. The van der Waals surface area contributed by atoms with Crippen LogP contribution in [0.25, 0.3) is 0 Å². The molecule has 1 N–H and O–H groups in total. The average molecular weight is 154 g/mol. The molecule has 0 aliphatic rings. The van der Waals surface area contributed by atoms with Crippen LogP contribution < -0.4 is 5.32 Å². The summed E-state index contributed by atoms with van der Waals surface area (Å²) >= 11 is 0. The highest BCUT2D eigenvalue weighted by Crippen LogP contribution is 1.80. The fraction of sp³-hybridized carbons (Fsp3) is 0.500. The Morgan fingerprint density at radius 3 is 2.91 bits per heavy atom. The lowest BCUT2D eigenvalue weighted by Gasteiger charge is -1.95. The first-order chi connectivity index (χ1) is 5.27. The van der Waals surface area contributed by atoms with Crippen LogP contribution in [0.1, 0.15) is 20.3 Å². The van der Waals surface area contributed by atoms with E-state index >= 15 is 0 Å². The van der Waals surface area contributed by atoms with E-state index in [1.807, 2.05) is 13.0 Å². The van der Waals surface area contributed by atoms with Crippen molar-refractivity contribution in [1.29, 1.82) is 0 Å². The summed E-state index contributed by atoms with van der Waals surface area (Å²) in [6.07, 6.45) is 6.18. The zero-order valence-electron chi connectivity index (χ0n) is 7.00. The van der Waals surface area contributed by atoms with Crippen molar-refractivity contribution in [1.82, 2.24) is 5.32 Å². The molecule has 0 saturated carbocycles. The zero-order valence-corrected chi connectivity index (χ0v) is 7.00. The highest BCUT2D eigenvalue weighted by molar-refractivity contribution is 5.72. The molecule has 0 bridgehead atoms. The third-order valence-electron chi connectivity index (χ3n) is 1.03. The molecular formula is C8H14N2O. The summed E-state index contributed by atoms with van der Waals surface area (Å²) in [6, 6.07) is 0. The van der Waals surface area contributed by atoms with E-state index in [9.17, 15) is 4.79 Å². The summed E-state index contributed by atoms with van der Waals surface area (Å²) in [4.78, 5) is 14.2. The SMILES string of the molecule is CC=N/C=C\CCNC(C)=O. The lowest BCUT2D eigenvalue weighted by molar-refractivity contribution is -0.118. The van der Waals surface area contributed by atoms with Crippen LogP contribution in [0.15, 0.2) is 17.3 Å². The molecule has 0 atom stereocenters. The molecule has 11 heavy (non-hydrogen) atoms. The second-order valence-electron chi connectivity index (χ2n) is 2.06. The third kappa shape index (κ3) is 8.88. The Bertz CT molecular complexity index is 161. The lowest BCUT2D eigenvalue weighted by atomic mass is 10.4. The summed E-state index contributed by atoms with van der Waals surface area (Å²) in [5.74, 6) is 0.0115. The van der Waals surface area contributed by atoms with E-state index in [0.29, 0.717) is 6.54 Å². The van der Waals surface area contributed by atoms with Crippen LogP contribution >= 0.6 is 0 Å². The van der Waals surface area contributed by atoms with Gasteiger partial charge in [0.2, 0.25) is 5.91 Å². The molecule has 62 valence electrons. The van der Waals surface area contributed by atoms with Crippen LogP contribution in [0, 0.1) is 0 Å². The van der Waals surface area contributed by atoms with Crippen molar-refractivity contribution >= 4 is 12.1 Å². The normalized spacial score (nSPS) is 11.1. The maximum absolute atomic E-state index is 10.4. The largest absolute Gasteiger partial charge is 0.356 e. The minimum absolute atomic E-state index is 0.0115. The van der Waals surface area contributed by atoms with Crippen LogP contribution in [0.2, 0.25) is 0 Å². The first-order valence-electron chi connectivity index (χ1n) is 3.64. The van der Waals surface area contributed by atoms with Crippen molar-refractivity contribution in [3.63, 3.8) is 0 Å². The Morgan fingerprint density at radius 1 is 1.64 bits per heavy atom. The minimum atomic E-state index is 0.0115. The van der Waals surface area contributed by atoms with Crippen molar-refractivity contribution in [2.75, 3.05) is 6.54 Å². The molecule has 0 aromatic carbocycles. The van der Waals surface area contributed by atoms with Gasteiger partial charge in [0.1, 0.15) is 0 Å². The van der Waals surface area contributed by atoms with Gasteiger partial charge in [-0.15, -0.1) is 0 Å². The van der Waals surface area contributed by atoms with Gasteiger partial charge in [-0.2, -0.15) is 0 Å². The first kappa shape index (κ1) is 9.88. The maximum Gasteiger partial charge on any atom is 0.216 e. The van der Waals surface area contributed by atoms with Crippen molar-refractivity contribution in [2.24, 2.45) is 4.99 Å². The van der Waals surface area contributed by atoms with Crippen LogP contribution in [0.4, 0.5) is 0 Å². The average Bonchev–Trinajstić information content (AvgIpc) is 1.96. The monoisotopic (exact) mass is 154 g/mol. The quantitative estimate of drug-likeness (QED) is 0.478. The summed E-state index contributed by atoms with van der Waals surface area (Å²) in [5, 5.41) is 2.68. The molecule has 0 rings (SSSR count). The molecule has 0 aromatic heterocycles. The van der Waals surface area contributed by atoms with E-state index in [2.05, 4.69) is 10.3 Å². The van der Waals surface area contributed by atoms with Crippen LogP contribution in [-0.4, -0.2) is 18.7 Å². The molecule has 3 nitrogen and oxygen atoms in total. The molecule has 0 aromatic rings. The predicted octanol–water partition coefficient (Wildman–Crippen LogP) is 1.12. The Kier molecular flexibility index (Phi) is 6.28. The fourth-order valence-electron chi connectivity index (χ4n) is 0.553. The molecule has 0 aliphatic heterocycles. The van der Waals surface area contributed by atoms with Crippen LogP contribution in [0.3, 0.4) is 0 Å². The summed E-state index contributed by atoms with van der Waals surface area (Å²) in [5.41, 5.74) is 0. The molecule has 0 unspecified atom stereocenters. The maximum atomic E-state index is 10.4. The molecule has 3 heteroatoms. The Hall–Kier alpha value is -1.12. The Labute approximate surface area is 67.2 Å². The van der Waals surface area contributed by atoms with Gasteiger partial charge in [-0.1, -0.05) is 6.08 Å². The third-order valence-corrected chi connectivity index (χ3v) is 1.03.